The SMILES string of the molecule is CC(=O)CNC(=O)[C@H](CCCCNC(=O)CNCC(=O)[C@H](CO)NC(=O)CC[C@H](CC(=O)CC[C@H](NC(=O)CCCCCCCCCCCCCCCCC(=O)O)C(=O)O)C(=O)O)NCC(=O)CCc1cnc[nH]1. The van der Waals surface area contributed by atoms with E-state index in [4.69, 9.17) is 5.11 Å². The zero-order valence-electron chi connectivity index (χ0n) is 43.3. The summed E-state index contributed by atoms with van der Waals surface area (Å²) in [6, 6.07) is -3.47. The number of unbranched alkanes of at least 4 members (excludes halogenated alkanes) is 14. The molecule has 0 aromatic carbocycles. The van der Waals surface area contributed by atoms with E-state index in [2.05, 4.69) is 41.9 Å². The van der Waals surface area contributed by atoms with Crippen LogP contribution in [0, 0.1) is 5.92 Å². The third kappa shape index (κ3) is 35.3. The summed E-state index contributed by atoms with van der Waals surface area (Å²) in [7, 11) is 0. The number of carbonyl (C=O) groups excluding carboxylic acids is 8. The van der Waals surface area contributed by atoms with Gasteiger partial charge in [0.25, 0.3) is 0 Å². The number of aryl methyl sites for hydroxylation is 1. The van der Waals surface area contributed by atoms with Gasteiger partial charge in [0.05, 0.1) is 51.1 Å². The molecule has 23 heteroatoms. The molecule has 418 valence electrons. The van der Waals surface area contributed by atoms with Crippen LogP contribution < -0.4 is 31.9 Å². The number of aromatic amines is 1. The van der Waals surface area contributed by atoms with Crippen molar-refractivity contribution in [2.75, 3.05) is 39.3 Å². The minimum atomic E-state index is -1.37. The molecule has 0 aliphatic rings. The Bertz CT molecular complexity index is 1880. The lowest BCUT2D eigenvalue weighted by atomic mass is 9.94. The first-order valence-corrected chi connectivity index (χ1v) is 26.3. The maximum absolute atomic E-state index is 12.7. The van der Waals surface area contributed by atoms with Crippen LogP contribution in [0.5, 0.6) is 0 Å². The molecule has 4 atom stereocenters. The molecule has 0 saturated carbocycles. The Balaban J connectivity index is 2.33. The number of H-pyrrole nitrogens is 1. The van der Waals surface area contributed by atoms with Gasteiger partial charge in [-0.05, 0) is 58.3 Å². The van der Waals surface area contributed by atoms with E-state index in [1.165, 1.54) is 38.9 Å². The lowest BCUT2D eigenvalue weighted by Crippen LogP contribution is -2.48. The molecule has 74 heavy (non-hydrogen) atoms. The molecule has 0 aliphatic carbocycles. The molecular formula is C51H84N8O15. The van der Waals surface area contributed by atoms with Gasteiger partial charge < -0.3 is 52.0 Å². The quantitative estimate of drug-likeness (QED) is 0.0418. The second-order valence-corrected chi connectivity index (χ2v) is 18.8. The number of ketones is 4. The Morgan fingerprint density at radius 2 is 1.15 bits per heavy atom. The Morgan fingerprint density at radius 3 is 1.70 bits per heavy atom. The van der Waals surface area contributed by atoms with E-state index in [-0.39, 0.29) is 76.3 Å². The summed E-state index contributed by atoms with van der Waals surface area (Å²) in [6.45, 7) is -0.120. The van der Waals surface area contributed by atoms with E-state index in [0.29, 0.717) is 32.1 Å². The number of aliphatic hydroxyl groups is 1. The lowest BCUT2D eigenvalue weighted by molar-refractivity contribution is -0.145. The van der Waals surface area contributed by atoms with Gasteiger partial charge in [0.1, 0.15) is 29.4 Å². The van der Waals surface area contributed by atoms with E-state index in [1.807, 2.05) is 0 Å². The van der Waals surface area contributed by atoms with Gasteiger partial charge in [-0.25, -0.2) is 9.78 Å². The van der Waals surface area contributed by atoms with E-state index in [1.54, 1.807) is 6.20 Å². The molecule has 0 bridgehead atoms. The number of hydrogen-bond donors (Lipinski definition) is 11. The molecule has 0 aliphatic heterocycles. The summed E-state index contributed by atoms with van der Waals surface area (Å²) in [6.07, 6.45) is 18.0. The van der Waals surface area contributed by atoms with Gasteiger partial charge in [0.15, 0.2) is 5.78 Å². The van der Waals surface area contributed by atoms with Gasteiger partial charge in [-0.1, -0.05) is 77.0 Å². The number of imidazole rings is 1. The van der Waals surface area contributed by atoms with Crippen molar-refractivity contribution in [1.82, 2.24) is 41.9 Å². The van der Waals surface area contributed by atoms with Crippen LogP contribution >= 0.6 is 0 Å². The van der Waals surface area contributed by atoms with Gasteiger partial charge >= 0.3 is 17.9 Å². The highest BCUT2D eigenvalue weighted by Gasteiger charge is 2.27. The maximum Gasteiger partial charge on any atom is 0.326 e. The Morgan fingerprint density at radius 1 is 0.554 bits per heavy atom. The third-order valence-corrected chi connectivity index (χ3v) is 12.3. The number of carboxylic acid groups (broad SMARTS) is 3. The number of carboxylic acids is 3. The number of Topliss-reactive ketones (excluding diaryl/α,β-unsaturated/α-hetero) is 4. The molecule has 0 spiro atoms. The van der Waals surface area contributed by atoms with Gasteiger partial charge in [-0.15, -0.1) is 0 Å². The van der Waals surface area contributed by atoms with Gasteiger partial charge in [0.2, 0.25) is 23.6 Å². The normalized spacial score (nSPS) is 12.7. The molecule has 23 nitrogen and oxygen atoms in total. The number of aliphatic carboxylic acids is 3. The molecule has 11 N–H and O–H groups in total. The molecule has 0 saturated heterocycles. The minimum Gasteiger partial charge on any atom is -0.481 e. The van der Waals surface area contributed by atoms with Crippen molar-refractivity contribution in [2.45, 2.75) is 192 Å². The fraction of sp³-hybridized carbons (Fsp3) is 0.725. The van der Waals surface area contributed by atoms with Crippen LogP contribution in [-0.4, -0.2) is 153 Å². The maximum atomic E-state index is 12.7. The number of aliphatic hydroxyl groups excluding tert-OH is 1. The monoisotopic (exact) mass is 1050 g/mol. The highest BCUT2D eigenvalue weighted by molar-refractivity contribution is 5.91. The van der Waals surface area contributed by atoms with E-state index >= 15 is 0 Å². The highest BCUT2D eigenvalue weighted by Crippen LogP contribution is 2.17. The summed E-state index contributed by atoms with van der Waals surface area (Å²) < 4.78 is 0. The molecule has 1 aromatic heterocycles. The van der Waals surface area contributed by atoms with Crippen molar-refractivity contribution in [3.05, 3.63) is 18.2 Å². The Labute approximate surface area is 434 Å². The number of nitrogens with zero attached hydrogens (tertiary/aromatic N) is 1. The predicted molar refractivity (Wildman–Crippen MR) is 271 cm³/mol. The average molecular weight is 1050 g/mol. The molecular weight excluding hydrogens is 965 g/mol. The summed E-state index contributed by atoms with van der Waals surface area (Å²) in [4.78, 5) is 141. The smallest absolute Gasteiger partial charge is 0.326 e. The number of amides is 4. The van der Waals surface area contributed by atoms with Crippen molar-refractivity contribution >= 4 is 64.7 Å². The van der Waals surface area contributed by atoms with Crippen LogP contribution in [-0.2, 0) is 59.2 Å². The molecule has 0 unspecified atom stereocenters. The van der Waals surface area contributed by atoms with E-state index in [0.717, 1.165) is 63.5 Å². The molecule has 4 amide bonds. The van der Waals surface area contributed by atoms with Gasteiger partial charge in [0, 0.05) is 57.0 Å². The van der Waals surface area contributed by atoms with Crippen LogP contribution in [0.4, 0.5) is 0 Å². The second-order valence-electron chi connectivity index (χ2n) is 18.8. The lowest BCUT2D eigenvalue weighted by Gasteiger charge is -2.18. The van der Waals surface area contributed by atoms with Crippen molar-refractivity contribution < 1.29 is 73.2 Å². The highest BCUT2D eigenvalue weighted by atomic mass is 16.4. The van der Waals surface area contributed by atoms with Crippen LogP contribution in [0.3, 0.4) is 0 Å². The number of nitrogens with one attached hydrogen (secondary N) is 7. The van der Waals surface area contributed by atoms with E-state index < -0.39 is 103 Å². The van der Waals surface area contributed by atoms with Crippen molar-refractivity contribution in [2.24, 2.45) is 5.92 Å². The van der Waals surface area contributed by atoms with Gasteiger partial charge in [-0.3, -0.25) is 53.3 Å². The van der Waals surface area contributed by atoms with Crippen LogP contribution in [0.15, 0.2) is 12.5 Å². The zero-order chi connectivity index (χ0) is 54.9. The first-order chi connectivity index (χ1) is 35.4. The van der Waals surface area contributed by atoms with Crippen LogP contribution in [0.2, 0.25) is 0 Å². The summed E-state index contributed by atoms with van der Waals surface area (Å²) in [5.74, 6) is -8.43. The number of carbonyl (C=O) groups is 11. The number of rotatable bonds is 49. The molecule has 1 heterocycles. The second kappa shape index (κ2) is 41.4. The number of aromatic nitrogens is 2. The summed E-state index contributed by atoms with van der Waals surface area (Å²) >= 11 is 0. The van der Waals surface area contributed by atoms with Crippen molar-refractivity contribution in [1.29, 1.82) is 0 Å². The number of hydrogen-bond acceptors (Lipinski definition) is 15. The summed E-state index contributed by atoms with van der Waals surface area (Å²) in [5.41, 5.74) is 0.805. The van der Waals surface area contributed by atoms with Gasteiger partial charge in [-0.2, -0.15) is 0 Å². The molecule has 1 aromatic rings. The van der Waals surface area contributed by atoms with Crippen LogP contribution in [0.1, 0.15) is 173 Å². The standard InChI is InChI=1S/C51H84N8O15/c1-36(61)29-56-49(70)41(55-31-40(63)23-22-38-30-53-35-57-38)18-16-17-27-54-47(67)33-52-32-44(64)43(34-60)59-46(66)26-21-37(50(71)72)28-39(62)24-25-42(51(73)74)58-45(65)19-14-12-10-8-6-4-2-3-5-7-9-11-13-15-20-48(68)69/h30,35,37,41-43,52,55,60H,2-29,31-34H2,1H3,(H,53,57)(H,54,67)(H,56,70)(H,58,65)(H,59,66)(H,68,69)(H,71,72)(H,73,74)/t37-,41+,42+,43+/m1/s1. The predicted octanol–water partition coefficient (Wildman–Crippen LogP) is 2.61. The summed E-state index contributed by atoms with van der Waals surface area (Å²) in [5, 5.41) is 53.4. The molecule has 1 rings (SSSR count). The molecule has 0 fully saturated rings. The largest absolute Gasteiger partial charge is 0.481 e. The zero-order valence-corrected chi connectivity index (χ0v) is 43.3. The minimum absolute atomic E-state index is 0.0556. The van der Waals surface area contributed by atoms with Crippen molar-refractivity contribution in [3.8, 4) is 0 Å². The van der Waals surface area contributed by atoms with E-state index in [9.17, 15) is 68.1 Å². The first kappa shape index (κ1) is 66.1. The molecule has 0 radical (unpaired) electrons. The fourth-order valence-electron chi connectivity index (χ4n) is 7.87. The fourth-order valence-corrected chi connectivity index (χ4v) is 7.87. The Kier molecular flexibility index (Phi) is 37.0. The topological polar surface area (TPSA) is 370 Å². The Hall–Kier alpha value is -5.94. The van der Waals surface area contributed by atoms with Crippen LogP contribution in [0.25, 0.3) is 0 Å². The average Bonchev–Trinajstić information content (AvgIpc) is 3.88. The first-order valence-electron chi connectivity index (χ1n) is 26.3. The third-order valence-electron chi connectivity index (χ3n) is 12.3. The van der Waals surface area contributed by atoms with Crippen molar-refractivity contribution in [3.63, 3.8) is 0 Å².